The molecule has 2 aliphatic rings. The zero-order valence-corrected chi connectivity index (χ0v) is 15.3. The van der Waals surface area contributed by atoms with Gasteiger partial charge in [-0.25, -0.2) is 4.98 Å². The Morgan fingerprint density at radius 3 is 2.68 bits per heavy atom. The molecule has 0 aromatic carbocycles. The lowest BCUT2D eigenvalue weighted by atomic mass is 10.2. The number of carbonyl (C=O) groups excluding carboxylic acids is 1. The molecule has 2 aliphatic heterocycles. The topological polar surface area (TPSA) is 57.9 Å². The van der Waals surface area contributed by atoms with E-state index in [1.807, 2.05) is 12.1 Å². The van der Waals surface area contributed by atoms with Crippen LogP contribution in [0.15, 0.2) is 34.1 Å². The third-order valence-corrected chi connectivity index (χ3v) is 5.90. The van der Waals surface area contributed by atoms with Gasteiger partial charge in [0.05, 0.1) is 10.5 Å². The van der Waals surface area contributed by atoms with Crippen LogP contribution in [0.4, 0.5) is 5.82 Å². The Bertz CT molecular complexity index is 976. The number of nitrogens with zero attached hydrogens (tertiary/aromatic N) is 4. The lowest BCUT2D eigenvalue weighted by Gasteiger charge is -2.19. The molecule has 2 aromatic rings. The molecule has 0 saturated carbocycles. The van der Waals surface area contributed by atoms with Gasteiger partial charge in [0.1, 0.15) is 15.8 Å². The van der Waals surface area contributed by atoms with Crippen molar-refractivity contribution in [3.8, 4) is 0 Å². The van der Waals surface area contributed by atoms with Gasteiger partial charge in [-0.1, -0.05) is 30.0 Å². The predicted molar refractivity (Wildman–Crippen MR) is 104 cm³/mol. The van der Waals surface area contributed by atoms with Crippen molar-refractivity contribution >= 4 is 51.7 Å². The first-order chi connectivity index (χ1) is 12.1. The molecule has 4 rings (SSSR count). The molecule has 0 spiro atoms. The predicted octanol–water partition coefficient (Wildman–Crippen LogP) is 2.13. The lowest BCUT2D eigenvalue weighted by Crippen LogP contribution is -2.27. The molecule has 128 valence electrons. The van der Waals surface area contributed by atoms with Crippen LogP contribution < -0.4 is 10.5 Å². The van der Waals surface area contributed by atoms with Crippen LogP contribution in [0.2, 0.25) is 0 Å². The summed E-state index contributed by atoms with van der Waals surface area (Å²) < 4.78 is 2.01. The third-order valence-electron chi connectivity index (χ3n) is 4.42. The van der Waals surface area contributed by atoms with Gasteiger partial charge < -0.3 is 4.90 Å². The standard InChI is InChI=1S/C17H16N4O2S2/c1-19-16(23)12(25-17(19)24)10-11-14(20-7-4-5-8-20)18-13-6-2-3-9-21(13)15(11)22/h2-3,6,9-10H,4-5,7-8H2,1H3. The molecule has 6 nitrogen and oxygen atoms in total. The van der Waals surface area contributed by atoms with E-state index in [1.54, 1.807) is 25.4 Å². The van der Waals surface area contributed by atoms with E-state index >= 15 is 0 Å². The van der Waals surface area contributed by atoms with Crippen LogP contribution in [0, 0.1) is 0 Å². The average Bonchev–Trinajstić information content (AvgIpc) is 3.23. The van der Waals surface area contributed by atoms with Gasteiger partial charge in [-0.05, 0) is 31.1 Å². The van der Waals surface area contributed by atoms with Crippen molar-refractivity contribution in [2.45, 2.75) is 12.8 Å². The summed E-state index contributed by atoms with van der Waals surface area (Å²) in [6.07, 6.45) is 5.49. The maximum absolute atomic E-state index is 13.0. The first kappa shape index (κ1) is 16.3. The van der Waals surface area contributed by atoms with Gasteiger partial charge in [-0.2, -0.15) is 0 Å². The van der Waals surface area contributed by atoms with E-state index in [-0.39, 0.29) is 11.5 Å². The Balaban J connectivity index is 1.93. The Kier molecular flexibility index (Phi) is 4.09. The smallest absolute Gasteiger partial charge is 0.267 e. The zero-order valence-electron chi connectivity index (χ0n) is 13.6. The highest BCUT2D eigenvalue weighted by atomic mass is 32.2. The maximum Gasteiger partial charge on any atom is 0.267 e. The number of hydrogen-bond acceptors (Lipinski definition) is 6. The maximum atomic E-state index is 13.0. The van der Waals surface area contributed by atoms with E-state index in [2.05, 4.69) is 4.90 Å². The second-order valence-electron chi connectivity index (χ2n) is 6.02. The normalized spacial score (nSPS) is 19.6. The lowest BCUT2D eigenvalue weighted by molar-refractivity contribution is -0.121. The van der Waals surface area contributed by atoms with Crippen LogP contribution in [0.1, 0.15) is 18.4 Å². The minimum atomic E-state index is -0.181. The molecule has 8 heteroatoms. The summed E-state index contributed by atoms with van der Waals surface area (Å²) in [4.78, 5) is 34.1. The molecule has 2 saturated heterocycles. The molecule has 0 bridgehead atoms. The van der Waals surface area contributed by atoms with Crippen LogP contribution in [0.3, 0.4) is 0 Å². The molecule has 4 heterocycles. The quantitative estimate of drug-likeness (QED) is 0.595. The molecular weight excluding hydrogens is 356 g/mol. The van der Waals surface area contributed by atoms with Crippen molar-refractivity contribution in [3.05, 3.63) is 45.2 Å². The van der Waals surface area contributed by atoms with Gasteiger partial charge in [0.25, 0.3) is 11.5 Å². The Morgan fingerprint density at radius 1 is 1.24 bits per heavy atom. The van der Waals surface area contributed by atoms with Crippen LogP contribution in [0.25, 0.3) is 11.7 Å². The second-order valence-corrected chi connectivity index (χ2v) is 7.69. The van der Waals surface area contributed by atoms with Crippen LogP contribution >= 0.6 is 24.0 Å². The summed E-state index contributed by atoms with van der Waals surface area (Å²) in [5.41, 5.74) is 0.878. The number of anilines is 1. The number of pyridine rings is 1. The molecule has 25 heavy (non-hydrogen) atoms. The fraction of sp³-hybridized carbons (Fsp3) is 0.294. The van der Waals surface area contributed by atoms with Crippen molar-refractivity contribution in [2.24, 2.45) is 0 Å². The highest BCUT2D eigenvalue weighted by Gasteiger charge is 2.30. The van der Waals surface area contributed by atoms with Gasteiger partial charge in [0.2, 0.25) is 0 Å². The number of fused-ring (bicyclic) bond motifs is 1. The van der Waals surface area contributed by atoms with Crippen molar-refractivity contribution in [2.75, 3.05) is 25.0 Å². The SMILES string of the molecule is CN1C(=O)C(=Cc2c(N3CCCC3)nc3ccccn3c2=O)SC1=S. The summed E-state index contributed by atoms with van der Waals surface area (Å²) in [7, 11) is 1.64. The first-order valence-corrected chi connectivity index (χ1v) is 9.26. The van der Waals surface area contributed by atoms with E-state index in [0.717, 1.165) is 25.9 Å². The highest BCUT2D eigenvalue weighted by molar-refractivity contribution is 8.26. The molecule has 0 atom stereocenters. The van der Waals surface area contributed by atoms with Gasteiger partial charge in [0, 0.05) is 26.3 Å². The largest absolute Gasteiger partial charge is 0.356 e. The summed E-state index contributed by atoms with van der Waals surface area (Å²) >= 11 is 6.40. The fourth-order valence-corrected chi connectivity index (χ4v) is 4.23. The van der Waals surface area contributed by atoms with Crippen molar-refractivity contribution in [1.29, 1.82) is 0 Å². The minimum Gasteiger partial charge on any atom is -0.356 e. The average molecular weight is 372 g/mol. The van der Waals surface area contributed by atoms with Gasteiger partial charge in [-0.3, -0.25) is 18.9 Å². The van der Waals surface area contributed by atoms with Gasteiger partial charge in [0.15, 0.2) is 0 Å². The molecule has 1 amide bonds. The Morgan fingerprint density at radius 2 is 2.00 bits per heavy atom. The third kappa shape index (κ3) is 2.75. The van der Waals surface area contributed by atoms with Crippen molar-refractivity contribution in [3.63, 3.8) is 0 Å². The number of hydrogen-bond donors (Lipinski definition) is 0. The number of rotatable bonds is 2. The summed E-state index contributed by atoms with van der Waals surface area (Å²) in [6, 6.07) is 5.47. The van der Waals surface area contributed by atoms with Crippen LogP contribution in [-0.4, -0.2) is 44.6 Å². The number of thioether (sulfide) groups is 1. The monoisotopic (exact) mass is 372 g/mol. The van der Waals surface area contributed by atoms with Gasteiger partial charge >= 0.3 is 0 Å². The molecular formula is C17H16N4O2S2. The summed E-state index contributed by atoms with van der Waals surface area (Å²) in [5, 5.41) is 0. The Hall–Kier alpha value is -2.19. The van der Waals surface area contributed by atoms with Crippen LogP contribution in [-0.2, 0) is 4.79 Å². The highest BCUT2D eigenvalue weighted by Crippen LogP contribution is 2.32. The second kappa shape index (κ2) is 6.27. The molecule has 0 N–H and O–H groups in total. The number of aromatic nitrogens is 2. The van der Waals surface area contributed by atoms with Crippen molar-refractivity contribution in [1.82, 2.24) is 14.3 Å². The Labute approximate surface area is 154 Å². The van der Waals surface area contributed by atoms with E-state index in [0.29, 0.717) is 26.3 Å². The van der Waals surface area contributed by atoms with E-state index in [1.165, 1.54) is 21.1 Å². The number of thiocarbonyl (C=S) groups is 1. The minimum absolute atomic E-state index is 0.172. The van der Waals surface area contributed by atoms with E-state index in [9.17, 15) is 9.59 Å². The van der Waals surface area contributed by atoms with E-state index in [4.69, 9.17) is 17.2 Å². The first-order valence-electron chi connectivity index (χ1n) is 8.04. The number of carbonyl (C=O) groups is 1. The summed E-state index contributed by atoms with van der Waals surface area (Å²) in [5.74, 6) is 0.468. The van der Waals surface area contributed by atoms with Gasteiger partial charge in [-0.15, -0.1) is 0 Å². The summed E-state index contributed by atoms with van der Waals surface area (Å²) in [6.45, 7) is 1.73. The molecule has 2 fully saturated rings. The molecule has 0 radical (unpaired) electrons. The van der Waals surface area contributed by atoms with E-state index < -0.39 is 0 Å². The van der Waals surface area contributed by atoms with Crippen molar-refractivity contribution < 1.29 is 4.79 Å². The molecule has 2 aromatic heterocycles. The molecule has 0 aliphatic carbocycles. The number of amides is 1. The zero-order chi connectivity index (χ0) is 17.6. The number of likely N-dealkylation sites (N-methyl/N-ethyl adjacent to an activating group) is 1. The van der Waals surface area contributed by atoms with Crippen LogP contribution in [0.5, 0.6) is 0 Å². The fourth-order valence-electron chi connectivity index (χ4n) is 3.06. The molecule has 0 unspecified atom stereocenters.